The van der Waals surface area contributed by atoms with E-state index in [0.717, 1.165) is 41.7 Å². The van der Waals surface area contributed by atoms with Crippen molar-refractivity contribution in [2.24, 2.45) is 0 Å². The lowest BCUT2D eigenvalue weighted by molar-refractivity contribution is -0.387. The molecule has 13 heteroatoms. The van der Waals surface area contributed by atoms with Crippen LogP contribution in [-0.4, -0.2) is 26.1 Å². The van der Waals surface area contributed by atoms with Crippen LogP contribution in [0.25, 0.3) is 11.3 Å². The van der Waals surface area contributed by atoms with Crippen molar-refractivity contribution in [1.82, 2.24) is 15.0 Å². The predicted molar refractivity (Wildman–Crippen MR) is 107 cm³/mol. The van der Waals surface area contributed by atoms with Gasteiger partial charge in [0.05, 0.1) is 21.1 Å². The van der Waals surface area contributed by atoms with Crippen LogP contribution in [-0.2, 0) is 6.18 Å². The van der Waals surface area contributed by atoms with E-state index in [2.05, 4.69) is 15.0 Å². The summed E-state index contributed by atoms with van der Waals surface area (Å²) in [5.74, 6) is 0. The van der Waals surface area contributed by atoms with Gasteiger partial charge in [0.2, 0.25) is 0 Å². The number of aromatic amines is 1. The third-order valence-electron chi connectivity index (χ3n) is 3.91. The first-order valence-electron chi connectivity index (χ1n) is 8.22. The molecule has 158 valence electrons. The van der Waals surface area contributed by atoms with Crippen LogP contribution in [0.15, 0.2) is 56.4 Å². The topological polar surface area (TPSA) is 126 Å². The van der Waals surface area contributed by atoms with Crippen molar-refractivity contribution in [1.29, 1.82) is 5.26 Å². The van der Waals surface area contributed by atoms with Crippen LogP contribution in [0.1, 0.15) is 11.1 Å². The van der Waals surface area contributed by atoms with E-state index in [1.807, 2.05) is 0 Å². The van der Waals surface area contributed by atoms with Gasteiger partial charge in [-0.2, -0.15) is 18.4 Å². The summed E-state index contributed by atoms with van der Waals surface area (Å²) in [4.78, 5) is 33.4. The summed E-state index contributed by atoms with van der Waals surface area (Å²) in [5.41, 5.74) is -2.11. The molecule has 0 unspecified atom stereocenters. The number of pyridine rings is 1. The average molecular weight is 465 g/mol. The fourth-order valence-electron chi connectivity index (χ4n) is 2.48. The number of nitro benzene ring substituents is 1. The molecule has 1 N–H and O–H groups in total. The second-order valence-electron chi connectivity index (χ2n) is 5.84. The van der Waals surface area contributed by atoms with Gasteiger partial charge in [-0.15, -0.1) is 0 Å². The van der Waals surface area contributed by atoms with Crippen LogP contribution in [0.5, 0.6) is 0 Å². The van der Waals surface area contributed by atoms with Crippen molar-refractivity contribution in [3.63, 3.8) is 0 Å². The number of alkyl halides is 3. The number of rotatable bonds is 5. The first-order valence-corrected chi connectivity index (χ1v) is 10.3. The highest BCUT2D eigenvalue weighted by Gasteiger charge is 2.30. The number of nitrogens with zero attached hydrogens (tertiary/aromatic N) is 4. The molecule has 0 atom stereocenters. The molecule has 0 saturated carbocycles. The minimum atomic E-state index is -4.54. The molecule has 0 fully saturated rings. The monoisotopic (exact) mass is 465 g/mol. The Kier molecular flexibility index (Phi) is 6.32. The molecule has 0 bridgehead atoms. The number of nitro groups is 1. The van der Waals surface area contributed by atoms with Gasteiger partial charge in [-0.05, 0) is 24.5 Å². The molecular weight excluding hydrogens is 455 g/mol. The first kappa shape index (κ1) is 22.3. The third-order valence-corrected chi connectivity index (χ3v) is 5.51. The van der Waals surface area contributed by atoms with Crippen LogP contribution in [0.4, 0.5) is 18.9 Å². The zero-order chi connectivity index (χ0) is 22.8. The second kappa shape index (κ2) is 8.78. The van der Waals surface area contributed by atoms with E-state index in [0.29, 0.717) is 6.20 Å². The first-order chi connectivity index (χ1) is 14.6. The molecular formula is C18H10F3N5O3S2. The summed E-state index contributed by atoms with van der Waals surface area (Å²) >= 11 is 1.94. The summed E-state index contributed by atoms with van der Waals surface area (Å²) in [6.45, 7) is 0. The lowest BCUT2D eigenvalue weighted by atomic mass is 10.1. The molecule has 0 aliphatic carbocycles. The normalized spacial score (nSPS) is 11.2. The van der Waals surface area contributed by atoms with Gasteiger partial charge in [0.1, 0.15) is 16.7 Å². The number of benzene rings is 1. The molecule has 3 aromatic rings. The molecule has 0 amide bonds. The number of hydrogen-bond acceptors (Lipinski definition) is 8. The van der Waals surface area contributed by atoms with E-state index in [-0.39, 0.29) is 37.6 Å². The molecule has 31 heavy (non-hydrogen) atoms. The van der Waals surface area contributed by atoms with Crippen molar-refractivity contribution in [2.45, 2.75) is 21.3 Å². The Bertz CT molecular complexity index is 1250. The van der Waals surface area contributed by atoms with Crippen molar-refractivity contribution >= 4 is 29.2 Å². The van der Waals surface area contributed by atoms with E-state index < -0.39 is 22.2 Å². The fourth-order valence-corrected chi connectivity index (χ4v) is 3.69. The van der Waals surface area contributed by atoms with Crippen LogP contribution >= 0.6 is 23.5 Å². The smallest absolute Gasteiger partial charge is 0.300 e. The predicted octanol–water partition coefficient (Wildman–Crippen LogP) is 4.50. The molecule has 8 nitrogen and oxygen atoms in total. The van der Waals surface area contributed by atoms with Crippen LogP contribution in [0, 0.1) is 21.4 Å². The number of halogens is 3. The van der Waals surface area contributed by atoms with Crippen LogP contribution in [0.2, 0.25) is 0 Å². The number of H-pyrrole nitrogens is 1. The quantitative estimate of drug-likeness (QED) is 0.253. The Balaban J connectivity index is 2.04. The summed E-state index contributed by atoms with van der Waals surface area (Å²) in [5, 5.41) is 21.2. The van der Waals surface area contributed by atoms with Gasteiger partial charge in [-0.3, -0.25) is 14.9 Å². The minimum Gasteiger partial charge on any atom is -0.300 e. The highest BCUT2D eigenvalue weighted by atomic mass is 32.2. The highest BCUT2D eigenvalue weighted by molar-refractivity contribution is 7.99. The molecule has 0 radical (unpaired) electrons. The molecule has 2 heterocycles. The maximum atomic E-state index is 12.7. The van der Waals surface area contributed by atoms with Gasteiger partial charge in [0.25, 0.3) is 11.2 Å². The van der Waals surface area contributed by atoms with Crippen molar-refractivity contribution in [3.8, 4) is 17.3 Å². The van der Waals surface area contributed by atoms with E-state index in [1.165, 1.54) is 12.1 Å². The summed E-state index contributed by atoms with van der Waals surface area (Å²) in [6.07, 6.45) is -2.24. The highest BCUT2D eigenvalue weighted by Crippen LogP contribution is 2.37. The van der Waals surface area contributed by atoms with Gasteiger partial charge >= 0.3 is 6.18 Å². The van der Waals surface area contributed by atoms with E-state index in [1.54, 1.807) is 12.3 Å². The van der Waals surface area contributed by atoms with Gasteiger partial charge in [0.15, 0.2) is 5.16 Å². The molecule has 0 aliphatic heterocycles. The zero-order valence-corrected chi connectivity index (χ0v) is 17.1. The molecule has 2 aromatic heterocycles. The molecule has 0 aliphatic rings. The fraction of sp³-hybridized carbons (Fsp3) is 0.111. The van der Waals surface area contributed by atoms with Crippen molar-refractivity contribution in [3.05, 3.63) is 68.1 Å². The Labute approximate surface area is 180 Å². The van der Waals surface area contributed by atoms with Crippen molar-refractivity contribution in [2.75, 3.05) is 6.26 Å². The number of nitrogens with one attached hydrogen (secondary N) is 1. The maximum Gasteiger partial charge on any atom is 0.417 e. The van der Waals surface area contributed by atoms with Gasteiger partial charge < -0.3 is 4.98 Å². The second-order valence-corrected chi connectivity index (χ2v) is 7.69. The summed E-state index contributed by atoms with van der Waals surface area (Å²) < 4.78 is 38.0. The Morgan fingerprint density at radius 2 is 2.00 bits per heavy atom. The SMILES string of the molecule is CSc1nc(-c2ccc(Sc3ccc(C(F)(F)F)cn3)c([N+](=O)[O-])c2)c(C#N)c(=O)[nH]1. The molecule has 0 spiro atoms. The Morgan fingerprint density at radius 3 is 2.55 bits per heavy atom. The van der Waals surface area contributed by atoms with Gasteiger partial charge in [-0.25, -0.2) is 9.97 Å². The maximum absolute atomic E-state index is 12.7. The van der Waals surface area contributed by atoms with E-state index >= 15 is 0 Å². The van der Waals surface area contributed by atoms with Crippen LogP contribution in [0.3, 0.4) is 0 Å². The third kappa shape index (κ3) is 4.86. The van der Waals surface area contributed by atoms with Gasteiger partial charge in [0, 0.05) is 17.8 Å². The average Bonchev–Trinajstić information content (AvgIpc) is 2.73. The number of thioether (sulfide) groups is 1. The van der Waals surface area contributed by atoms with Gasteiger partial charge in [-0.1, -0.05) is 29.6 Å². The molecule has 1 aromatic carbocycles. The Morgan fingerprint density at radius 1 is 1.26 bits per heavy atom. The summed E-state index contributed by atoms with van der Waals surface area (Å²) in [6, 6.07) is 7.64. The standard InChI is InChI=1S/C18H10F3N5O3S2/c1-30-17-24-15(11(7-22)16(27)25-17)9-2-4-13(12(6-9)26(28)29)31-14-5-3-10(8-23-14)18(19,20)21/h2-6,8H,1H3,(H,24,25,27). The molecule has 3 rings (SSSR count). The molecule has 0 saturated heterocycles. The van der Waals surface area contributed by atoms with E-state index in [9.17, 15) is 33.3 Å². The number of nitriles is 1. The lowest BCUT2D eigenvalue weighted by Gasteiger charge is -2.09. The lowest BCUT2D eigenvalue weighted by Crippen LogP contribution is -2.14. The zero-order valence-electron chi connectivity index (χ0n) is 15.4. The number of hydrogen-bond donors (Lipinski definition) is 1. The van der Waals surface area contributed by atoms with Crippen LogP contribution < -0.4 is 5.56 Å². The number of aromatic nitrogens is 3. The minimum absolute atomic E-state index is 0.0112. The summed E-state index contributed by atoms with van der Waals surface area (Å²) in [7, 11) is 0. The Hall–Kier alpha value is -3.37. The van der Waals surface area contributed by atoms with Crippen molar-refractivity contribution < 1.29 is 18.1 Å². The van der Waals surface area contributed by atoms with E-state index in [4.69, 9.17) is 0 Å². The largest absolute Gasteiger partial charge is 0.417 e.